The fourth-order valence-electron chi connectivity index (χ4n) is 4.13. The third kappa shape index (κ3) is 4.39. The van der Waals surface area contributed by atoms with E-state index in [1.807, 2.05) is 55.5 Å². The summed E-state index contributed by atoms with van der Waals surface area (Å²) in [5, 5.41) is 2.91. The minimum Gasteiger partial charge on any atom is -0.324 e. The van der Waals surface area contributed by atoms with Crippen molar-refractivity contribution in [3.05, 3.63) is 99.8 Å². The lowest BCUT2D eigenvalue weighted by Crippen LogP contribution is -2.41. The van der Waals surface area contributed by atoms with E-state index < -0.39 is 6.04 Å². The van der Waals surface area contributed by atoms with Crippen LogP contribution in [-0.4, -0.2) is 23.3 Å². The molecule has 2 amide bonds. The molecule has 158 valence electrons. The van der Waals surface area contributed by atoms with E-state index in [0.29, 0.717) is 12.1 Å². The minimum atomic E-state index is -0.530. The summed E-state index contributed by atoms with van der Waals surface area (Å²) >= 11 is 3.50. The van der Waals surface area contributed by atoms with E-state index in [9.17, 15) is 14.0 Å². The molecule has 0 bridgehead atoms. The number of halogens is 2. The number of fused-ring (bicyclic) bond motifs is 1. The first-order chi connectivity index (χ1) is 15.0. The van der Waals surface area contributed by atoms with E-state index in [1.165, 1.54) is 12.1 Å². The average molecular weight is 481 g/mol. The molecule has 1 heterocycles. The lowest BCUT2D eigenvalue weighted by atomic mass is 9.91. The lowest BCUT2D eigenvalue weighted by molar-refractivity contribution is -0.137. The smallest absolute Gasteiger partial charge is 0.244 e. The molecule has 0 aliphatic carbocycles. The fraction of sp³-hybridized carbons (Fsp3) is 0.200. The molecule has 0 saturated heterocycles. The van der Waals surface area contributed by atoms with E-state index in [0.717, 1.165) is 21.2 Å². The molecule has 3 aromatic carbocycles. The Labute approximate surface area is 189 Å². The van der Waals surface area contributed by atoms with Crippen LogP contribution < -0.4 is 5.32 Å². The molecule has 31 heavy (non-hydrogen) atoms. The number of hydrogen-bond donors (Lipinski definition) is 1. The maximum absolute atomic E-state index is 13.8. The highest BCUT2D eigenvalue weighted by molar-refractivity contribution is 9.10. The summed E-state index contributed by atoms with van der Waals surface area (Å²) in [7, 11) is 0. The first kappa shape index (κ1) is 21.2. The zero-order chi connectivity index (χ0) is 22.0. The normalized spacial score (nSPS) is 16.8. The topological polar surface area (TPSA) is 49.4 Å². The van der Waals surface area contributed by atoms with Crippen molar-refractivity contribution < 1.29 is 14.0 Å². The molecule has 0 spiro atoms. The average Bonchev–Trinajstić information content (AvgIpc) is 2.91. The molecule has 1 aliphatic heterocycles. The monoisotopic (exact) mass is 480 g/mol. The SMILES string of the molecule is CC[C@@H](C(=O)N1CC(=O)Nc2ccc(Br)cc2[C@H]1c1ccc(F)cc1)c1ccccc1. The van der Waals surface area contributed by atoms with Crippen molar-refractivity contribution in [1.29, 1.82) is 0 Å². The van der Waals surface area contributed by atoms with Crippen molar-refractivity contribution in [2.75, 3.05) is 11.9 Å². The van der Waals surface area contributed by atoms with Gasteiger partial charge in [0.1, 0.15) is 12.4 Å². The molecular weight excluding hydrogens is 459 g/mol. The molecular formula is C25H22BrFN2O2. The summed E-state index contributed by atoms with van der Waals surface area (Å²) in [6, 6.07) is 20.7. The predicted molar refractivity (Wildman–Crippen MR) is 122 cm³/mol. The largest absolute Gasteiger partial charge is 0.324 e. The Morgan fingerprint density at radius 3 is 2.52 bits per heavy atom. The summed E-state index contributed by atoms with van der Waals surface area (Å²) in [5.41, 5.74) is 3.08. The van der Waals surface area contributed by atoms with Crippen LogP contribution in [0.15, 0.2) is 77.3 Å². The van der Waals surface area contributed by atoms with E-state index in [4.69, 9.17) is 0 Å². The van der Waals surface area contributed by atoms with Gasteiger partial charge in [0.05, 0.1) is 12.0 Å². The van der Waals surface area contributed by atoms with Gasteiger partial charge in [-0.05, 0) is 47.9 Å². The molecule has 1 N–H and O–H groups in total. The summed E-state index contributed by atoms with van der Waals surface area (Å²) in [6.45, 7) is 1.88. The molecule has 6 heteroatoms. The van der Waals surface area contributed by atoms with Crippen molar-refractivity contribution in [1.82, 2.24) is 4.90 Å². The van der Waals surface area contributed by atoms with Gasteiger partial charge in [-0.25, -0.2) is 4.39 Å². The van der Waals surface area contributed by atoms with Crippen LogP contribution in [0.3, 0.4) is 0 Å². The third-order valence-corrected chi connectivity index (χ3v) is 6.08. The van der Waals surface area contributed by atoms with Gasteiger partial charge in [0.2, 0.25) is 11.8 Å². The Morgan fingerprint density at radius 1 is 1.13 bits per heavy atom. The molecule has 4 nitrogen and oxygen atoms in total. The number of rotatable bonds is 4. The maximum Gasteiger partial charge on any atom is 0.244 e. The fourth-order valence-corrected chi connectivity index (χ4v) is 4.50. The maximum atomic E-state index is 13.8. The Balaban J connectivity index is 1.86. The van der Waals surface area contributed by atoms with E-state index in [-0.39, 0.29) is 30.1 Å². The van der Waals surface area contributed by atoms with Gasteiger partial charge < -0.3 is 10.2 Å². The van der Waals surface area contributed by atoms with Gasteiger partial charge in [0, 0.05) is 15.7 Å². The molecule has 0 aromatic heterocycles. The predicted octanol–water partition coefficient (Wildman–Crippen LogP) is 5.65. The van der Waals surface area contributed by atoms with Crippen LogP contribution in [0.1, 0.15) is 42.0 Å². The van der Waals surface area contributed by atoms with Crippen LogP contribution in [0.25, 0.3) is 0 Å². The second-order valence-corrected chi connectivity index (χ2v) is 8.49. The first-order valence-corrected chi connectivity index (χ1v) is 11.0. The Bertz CT molecular complexity index is 1100. The Kier molecular flexibility index (Phi) is 6.18. The molecule has 1 aliphatic rings. The van der Waals surface area contributed by atoms with Crippen molar-refractivity contribution in [2.45, 2.75) is 25.3 Å². The number of anilines is 1. The van der Waals surface area contributed by atoms with Crippen LogP contribution in [0.2, 0.25) is 0 Å². The molecule has 2 atom stereocenters. The molecule has 0 saturated carbocycles. The molecule has 0 radical (unpaired) electrons. The van der Waals surface area contributed by atoms with Crippen LogP contribution in [0.5, 0.6) is 0 Å². The highest BCUT2D eigenvalue weighted by atomic mass is 79.9. The van der Waals surface area contributed by atoms with Gasteiger partial charge >= 0.3 is 0 Å². The van der Waals surface area contributed by atoms with Gasteiger partial charge in [0.25, 0.3) is 0 Å². The Hall–Kier alpha value is -2.99. The van der Waals surface area contributed by atoms with Crippen molar-refractivity contribution in [3.63, 3.8) is 0 Å². The van der Waals surface area contributed by atoms with Gasteiger partial charge in [-0.1, -0.05) is 65.3 Å². The molecule has 0 fully saturated rings. The quantitative estimate of drug-likeness (QED) is 0.524. The van der Waals surface area contributed by atoms with Gasteiger partial charge in [-0.15, -0.1) is 0 Å². The lowest BCUT2D eigenvalue weighted by Gasteiger charge is -2.33. The highest BCUT2D eigenvalue weighted by Gasteiger charge is 2.36. The number of benzene rings is 3. The van der Waals surface area contributed by atoms with Crippen molar-refractivity contribution in [3.8, 4) is 0 Å². The van der Waals surface area contributed by atoms with Crippen LogP contribution in [0, 0.1) is 5.82 Å². The highest BCUT2D eigenvalue weighted by Crippen LogP contribution is 2.39. The third-order valence-electron chi connectivity index (χ3n) is 5.59. The van der Waals surface area contributed by atoms with Gasteiger partial charge in [0.15, 0.2) is 0 Å². The summed E-state index contributed by atoms with van der Waals surface area (Å²) in [4.78, 5) is 28.2. The van der Waals surface area contributed by atoms with E-state index in [1.54, 1.807) is 17.0 Å². The standard InChI is InChI=1S/C25H22BrFN2O2/c1-2-20(16-6-4-3-5-7-16)25(31)29-15-23(30)28-22-13-10-18(26)14-21(22)24(29)17-8-11-19(27)12-9-17/h3-14,20,24H,2,15H2,1H3,(H,28,30)/t20-,24-/m1/s1. The van der Waals surface area contributed by atoms with Crippen molar-refractivity contribution in [2.24, 2.45) is 0 Å². The second-order valence-electron chi connectivity index (χ2n) is 7.57. The summed E-state index contributed by atoms with van der Waals surface area (Å²) in [6.07, 6.45) is 0.600. The zero-order valence-electron chi connectivity index (χ0n) is 17.0. The van der Waals surface area contributed by atoms with Crippen LogP contribution in [-0.2, 0) is 9.59 Å². The summed E-state index contributed by atoms with van der Waals surface area (Å²) < 4.78 is 14.5. The minimum absolute atomic E-state index is 0.0868. The van der Waals surface area contributed by atoms with Gasteiger partial charge in [-0.3, -0.25) is 9.59 Å². The number of nitrogens with zero attached hydrogens (tertiary/aromatic N) is 1. The Morgan fingerprint density at radius 2 is 1.84 bits per heavy atom. The molecule has 0 unspecified atom stereocenters. The number of hydrogen-bond acceptors (Lipinski definition) is 2. The van der Waals surface area contributed by atoms with Crippen LogP contribution in [0.4, 0.5) is 10.1 Å². The number of carbonyl (C=O) groups is 2. The van der Waals surface area contributed by atoms with Crippen LogP contribution >= 0.6 is 15.9 Å². The summed E-state index contributed by atoms with van der Waals surface area (Å²) in [5.74, 6) is -1.13. The zero-order valence-corrected chi connectivity index (χ0v) is 18.6. The second kappa shape index (κ2) is 9.02. The number of nitrogens with one attached hydrogen (secondary N) is 1. The van der Waals surface area contributed by atoms with Gasteiger partial charge in [-0.2, -0.15) is 0 Å². The van der Waals surface area contributed by atoms with E-state index >= 15 is 0 Å². The first-order valence-electron chi connectivity index (χ1n) is 10.2. The number of amides is 2. The molecule has 3 aromatic rings. The van der Waals surface area contributed by atoms with Crippen molar-refractivity contribution >= 4 is 33.4 Å². The van der Waals surface area contributed by atoms with E-state index in [2.05, 4.69) is 21.2 Å². The molecule has 4 rings (SSSR count). The number of carbonyl (C=O) groups excluding carboxylic acids is 2.